The zero-order valence-electron chi connectivity index (χ0n) is 13.1. The predicted molar refractivity (Wildman–Crippen MR) is 80.3 cm³/mol. The van der Waals surface area contributed by atoms with Gasteiger partial charge in [0.15, 0.2) is 0 Å². The Hall–Kier alpha value is -1.88. The van der Waals surface area contributed by atoms with Gasteiger partial charge in [-0.25, -0.2) is 0 Å². The van der Waals surface area contributed by atoms with Crippen molar-refractivity contribution in [2.24, 2.45) is 0 Å². The second-order valence-electron chi connectivity index (χ2n) is 4.86. The van der Waals surface area contributed by atoms with Gasteiger partial charge >= 0.3 is 5.97 Å². The summed E-state index contributed by atoms with van der Waals surface area (Å²) in [6, 6.07) is 5.65. The van der Waals surface area contributed by atoms with E-state index in [4.69, 9.17) is 4.74 Å². The Bertz CT molecular complexity index is 499. The number of aryl methyl sites for hydroxylation is 1. The van der Waals surface area contributed by atoms with Crippen LogP contribution < -0.4 is 0 Å². The zero-order valence-corrected chi connectivity index (χ0v) is 13.1. The van der Waals surface area contributed by atoms with Crippen molar-refractivity contribution in [2.75, 3.05) is 33.9 Å². The van der Waals surface area contributed by atoms with Gasteiger partial charge in [-0.05, 0) is 31.0 Å². The summed E-state index contributed by atoms with van der Waals surface area (Å²) in [6.07, 6.45) is 0.177. The van der Waals surface area contributed by atoms with Gasteiger partial charge in [-0.3, -0.25) is 9.59 Å². The van der Waals surface area contributed by atoms with E-state index < -0.39 is 0 Å². The van der Waals surface area contributed by atoms with Gasteiger partial charge in [-0.15, -0.1) is 0 Å². The first-order chi connectivity index (χ1) is 10.0. The first kappa shape index (κ1) is 17.2. The summed E-state index contributed by atoms with van der Waals surface area (Å²) in [5.74, 6) is -0.414. The SMILES string of the molecule is COCCN(CCC(=O)OC)C(=O)c1cccc(C)c1C. The van der Waals surface area contributed by atoms with Crippen molar-refractivity contribution in [3.05, 3.63) is 34.9 Å². The highest BCUT2D eigenvalue weighted by Crippen LogP contribution is 2.15. The Morgan fingerprint density at radius 3 is 2.48 bits per heavy atom. The number of nitrogens with zero attached hydrogens (tertiary/aromatic N) is 1. The lowest BCUT2D eigenvalue weighted by molar-refractivity contribution is -0.140. The first-order valence-corrected chi connectivity index (χ1v) is 6.92. The summed E-state index contributed by atoms with van der Waals surface area (Å²) in [4.78, 5) is 25.5. The van der Waals surface area contributed by atoms with Crippen LogP contribution in [0, 0.1) is 13.8 Å². The highest BCUT2D eigenvalue weighted by atomic mass is 16.5. The van der Waals surface area contributed by atoms with Crippen molar-refractivity contribution < 1.29 is 19.1 Å². The summed E-state index contributed by atoms with van der Waals surface area (Å²) in [5.41, 5.74) is 2.69. The fourth-order valence-electron chi connectivity index (χ4n) is 2.00. The van der Waals surface area contributed by atoms with E-state index in [0.717, 1.165) is 11.1 Å². The van der Waals surface area contributed by atoms with Gasteiger partial charge in [-0.2, -0.15) is 0 Å². The molecule has 0 radical (unpaired) electrons. The van der Waals surface area contributed by atoms with Crippen LogP contribution in [0.4, 0.5) is 0 Å². The number of hydrogen-bond acceptors (Lipinski definition) is 4. The summed E-state index contributed by atoms with van der Waals surface area (Å²) < 4.78 is 9.66. The van der Waals surface area contributed by atoms with Crippen molar-refractivity contribution in [2.45, 2.75) is 20.3 Å². The smallest absolute Gasteiger partial charge is 0.307 e. The fraction of sp³-hybridized carbons (Fsp3) is 0.500. The number of hydrogen-bond donors (Lipinski definition) is 0. The normalized spacial score (nSPS) is 10.3. The molecule has 0 spiro atoms. The van der Waals surface area contributed by atoms with Gasteiger partial charge in [0.05, 0.1) is 20.1 Å². The first-order valence-electron chi connectivity index (χ1n) is 6.92. The van der Waals surface area contributed by atoms with Crippen LogP contribution >= 0.6 is 0 Å². The molecule has 0 aliphatic rings. The van der Waals surface area contributed by atoms with Crippen molar-refractivity contribution in [3.63, 3.8) is 0 Å². The minimum absolute atomic E-state index is 0.0860. The van der Waals surface area contributed by atoms with E-state index in [2.05, 4.69) is 4.74 Å². The lowest BCUT2D eigenvalue weighted by Gasteiger charge is -2.23. The number of rotatable bonds is 7. The lowest BCUT2D eigenvalue weighted by atomic mass is 10.0. The van der Waals surface area contributed by atoms with Crippen LogP contribution in [0.15, 0.2) is 18.2 Å². The molecule has 0 bridgehead atoms. The maximum absolute atomic E-state index is 12.6. The third-order valence-corrected chi connectivity index (χ3v) is 3.50. The van der Waals surface area contributed by atoms with Crippen LogP contribution in [0.3, 0.4) is 0 Å². The van der Waals surface area contributed by atoms with Crippen LogP contribution in [0.2, 0.25) is 0 Å². The molecule has 0 atom stereocenters. The number of amides is 1. The van der Waals surface area contributed by atoms with E-state index in [1.54, 1.807) is 12.0 Å². The highest BCUT2D eigenvalue weighted by molar-refractivity contribution is 5.96. The van der Waals surface area contributed by atoms with Crippen LogP contribution in [0.25, 0.3) is 0 Å². The van der Waals surface area contributed by atoms with Crippen molar-refractivity contribution >= 4 is 11.9 Å². The Kier molecular flexibility index (Phi) is 6.88. The second-order valence-corrected chi connectivity index (χ2v) is 4.86. The van der Waals surface area contributed by atoms with Crippen LogP contribution in [-0.4, -0.2) is 50.7 Å². The molecule has 21 heavy (non-hydrogen) atoms. The molecular formula is C16H23NO4. The molecule has 1 aromatic rings. The number of benzene rings is 1. The maximum atomic E-state index is 12.6. The molecular weight excluding hydrogens is 270 g/mol. The van der Waals surface area contributed by atoms with Gasteiger partial charge in [0, 0.05) is 25.8 Å². The Morgan fingerprint density at radius 1 is 1.14 bits per heavy atom. The van der Waals surface area contributed by atoms with E-state index in [1.165, 1.54) is 7.11 Å². The van der Waals surface area contributed by atoms with Crippen molar-refractivity contribution in [1.29, 1.82) is 0 Å². The molecule has 0 aliphatic heterocycles. The summed E-state index contributed by atoms with van der Waals surface area (Å²) in [7, 11) is 2.93. The van der Waals surface area contributed by atoms with E-state index in [9.17, 15) is 9.59 Å². The molecule has 1 rings (SSSR count). The standard InChI is InChI=1S/C16H23NO4/c1-12-6-5-7-14(13(12)2)16(19)17(10-11-20-3)9-8-15(18)21-4/h5-7H,8-11H2,1-4H3. The average Bonchev–Trinajstić information content (AvgIpc) is 2.49. The van der Waals surface area contributed by atoms with Gasteiger partial charge in [0.2, 0.25) is 0 Å². The summed E-state index contributed by atoms with van der Waals surface area (Å²) >= 11 is 0. The molecule has 116 valence electrons. The van der Waals surface area contributed by atoms with Crippen LogP contribution in [-0.2, 0) is 14.3 Å². The van der Waals surface area contributed by atoms with Gasteiger partial charge < -0.3 is 14.4 Å². The Labute approximate surface area is 125 Å². The third-order valence-electron chi connectivity index (χ3n) is 3.50. The second kappa shape index (κ2) is 8.42. The molecule has 5 nitrogen and oxygen atoms in total. The molecule has 1 amide bonds. The highest BCUT2D eigenvalue weighted by Gasteiger charge is 2.19. The van der Waals surface area contributed by atoms with Crippen LogP contribution in [0.5, 0.6) is 0 Å². The van der Waals surface area contributed by atoms with E-state index in [1.807, 2.05) is 32.0 Å². The fourth-order valence-corrected chi connectivity index (χ4v) is 2.00. The quantitative estimate of drug-likeness (QED) is 0.721. The monoisotopic (exact) mass is 293 g/mol. The molecule has 0 aliphatic carbocycles. The van der Waals surface area contributed by atoms with Crippen molar-refractivity contribution in [1.82, 2.24) is 4.90 Å². The van der Waals surface area contributed by atoms with E-state index in [0.29, 0.717) is 25.3 Å². The number of esters is 1. The molecule has 0 N–H and O–H groups in total. The summed E-state index contributed by atoms with van der Waals surface area (Å²) in [6.45, 7) is 5.09. The molecule has 1 aromatic carbocycles. The van der Waals surface area contributed by atoms with E-state index in [-0.39, 0.29) is 18.3 Å². The molecule has 0 heterocycles. The zero-order chi connectivity index (χ0) is 15.8. The topological polar surface area (TPSA) is 55.8 Å². The number of carbonyl (C=O) groups is 2. The van der Waals surface area contributed by atoms with Gasteiger partial charge in [-0.1, -0.05) is 12.1 Å². The maximum Gasteiger partial charge on any atom is 0.307 e. The minimum atomic E-state index is -0.328. The average molecular weight is 293 g/mol. The van der Waals surface area contributed by atoms with Gasteiger partial charge in [0.1, 0.15) is 0 Å². The van der Waals surface area contributed by atoms with Crippen LogP contribution in [0.1, 0.15) is 27.9 Å². The molecule has 0 fully saturated rings. The lowest BCUT2D eigenvalue weighted by Crippen LogP contribution is -2.36. The molecule has 0 aromatic heterocycles. The van der Waals surface area contributed by atoms with E-state index >= 15 is 0 Å². The Balaban J connectivity index is 2.88. The number of ether oxygens (including phenoxy) is 2. The summed E-state index contributed by atoms with van der Waals surface area (Å²) in [5, 5.41) is 0. The number of carbonyl (C=O) groups excluding carboxylic acids is 2. The molecule has 0 unspecified atom stereocenters. The predicted octanol–water partition coefficient (Wildman–Crippen LogP) is 1.96. The molecule has 5 heteroatoms. The molecule has 0 saturated carbocycles. The Morgan fingerprint density at radius 2 is 1.86 bits per heavy atom. The van der Waals surface area contributed by atoms with Crippen molar-refractivity contribution in [3.8, 4) is 0 Å². The number of methoxy groups -OCH3 is 2. The van der Waals surface area contributed by atoms with Gasteiger partial charge in [0.25, 0.3) is 5.91 Å². The minimum Gasteiger partial charge on any atom is -0.469 e. The molecule has 0 saturated heterocycles. The third kappa shape index (κ3) is 4.86. The largest absolute Gasteiger partial charge is 0.469 e.